The fourth-order valence-electron chi connectivity index (χ4n) is 1.21. The number of pyridine rings is 1. The van der Waals surface area contributed by atoms with Crippen LogP contribution in [0.15, 0.2) is 6.20 Å². The Kier molecular flexibility index (Phi) is 4.74. The van der Waals surface area contributed by atoms with E-state index in [2.05, 4.69) is 9.72 Å². The molecule has 0 atom stereocenters. The van der Waals surface area contributed by atoms with Gasteiger partial charge in [0.25, 0.3) is 6.43 Å². The lowest BCUT2D eigenvalue weighted by Crippen LogP contribution is -2.13. The van der Waals surface area contributed by atoms with Crippen LogP contribution in [-0.4, -0.2) is 17.6 Å². The zero-order valence-electron chi connectivity index (χ0n) is 8.71. The van der Waals surface area contributed by atoms with Crippen molar-refractivity contribution in [3.8, 4) is 6.07 Å². The number of nitrogens with zero attached hydrogens (tertiary/aromatic N) is 2. The average molecular weight is 352 g/mol. The third-order valence-electron chi connectivity index (χ3n) is 1.89. The van der Waals surface area contributed by atoms with Crippen molar-refractivity contribution in [2.45, 2.75) is 13.3 Å². The number of carbonyl (C=O) groups excluding carboxylic acids is 1. The molecule has 0 amide bonds. The van der Waals surface area contributed by atoms with Gasteiger partial charge in [0.1, 0.15) is 9.77 Å². The van der Waals surface area contributed by atoms with E-state index < -0.39 is 23.5 Å². The minimum atomic E-state index is -2.89. The van der Waals surface area contributed by atoms with Crippen molar-refractivity contribution in [3.63, 3.8) is 0 Å². The predicted molar refractivity (Wildman–Crippen MR) is 62.6 cm³/mol. The SMILES string of the molecule is CCOC(=O)c1c(C#N)cnc(I)c1C(F)F. The third-order valence-corrected chi connectivity index (χ3v) is 2.75. The minimum absolute atomic E-state index is 0.0142. The van der Waals surface area contributed by atoms with E-state index in [4.69, 9.17) is 5.26 Å². The van der Waals surface area contributed by atoms with E-state index in [9.17, 15) is 13.6 Å². The molecule has 0 bridgehead atoms. The summed E-state index contributed by atoms with van der Waals surface area (Å²) in [5.74, 6) is -0.931. The van der Waals surface area contributed by atoms with Crippen LogP contribution in [-0.2, 0) is 4.74 Å². The number of rotatable bonds is 3. The normalized spacial score (nSPS) is 10.1. The molecule has 0 aliphatic carbocycles. The largest absolute Gasteiger partial charge is 0.462 e. The first-order chi connectivity index (χ1) is 8.02. The Balaban J connectivity index is 3.47. The van der Waals surface area contributed by atoms with Crippen LogP contribution in [0.1, 0.15) is 34.8 Å². The maximum Gasteiger partial charge on any atom is 0.340 e. The van der Waals surface area contributed by atoms with Gasteiger partial charge in [-0.3, -0.25) is 0 Å². The van der Waals surface area contributed by atoms with Gasteiger partial charge in [0.05, 0.1) is 23.3 Å². The first-order valence-corrected chi connectivity index (χ1v) is 5.64. The Morgan fingerprint density at radius 2 is 2.35 bits per heavy atom. The molecule has 0 fully saturated rings. The van der Waals surface area contributed by atoms with Crippen LogP contribution in [0, 0.1) is 15.0 Å². The van der Waals surface area contributed by atoms with Gasteiger partial charge in [-0.2, -0.15) is 5.26 Å². The Morgan fingerprint density at radius 3 is 2.82 bits per heavy atom. The van der Waals surface area contributed by atoms with Crippen molar-refractivity contribution in [2.24, 2.45) is 0 Å². The molecule has 0 unspecified atom stereocenters. The number of halogens is 3. The topological polar surface area (TPSA) is 63.0 Å². The van der Waals surface area contributed by atoms with Crippen molar-refractivity contribution in [1.82, 2.24) is 4.98 Å². The highest BCUT2D eigenvalue weighted by Gasteiger charge is 2.26. The molecule has 0 aliphatic rings. The fourth-order valence-corrected chi connectivity index (χ4v) is 1.85. The molecule has 1 aromatic rings. The van der Waals surface area contributed by atoms with E-state index in [-0.39, 0.29) is 15.9 Å². The first kappa shape index (κ1) is 13.8. The summed E-state index contributed by atoms with van der Waals surface area (Å²) in [5, 5.41) is 8.79. The van der Waals surface area contributed by atoms with Crippen molar-refractivity contribution < 1.29 is 18.3 Å². The molecule has 0 saturated carbocycles. The van der Waals surface area contributed by atoms with E-state index in [1.54, 1.807) is 35.6 Å². The second-order valence-electron chi connectivity index (χ2n) is 2.88. The van der Waals surface area contributed by atoms with Gasteiger partial charge in [-0.25, -0.2) is 18.6 Å². The third kappa shape index (κ3) is 2.88. The predicted octanol–water partition coefficient (Wildman–Crippen LogP) is 2.67. The Morgan fingerprint density at radius 1 is 1.71 bits per heavy atom. The molecule has 17 heavy (non-hydrogen) atoms. The van der Waals surface area contributed by atoms with Crippen molar-refractivity contribution in [2.75, 3.05) is 6.61 Å². The maximum atomic E-state index is 12.8. The minimum Gasteiger partial charge on any atom is -0.462 e. The molecule has 90 valence electrons. The summed E-state index contributed by atoms with van der Waals surface area (Å²) in [6, 6.07) is 1.66. The lowest BCUT2D eigenvalue weighted by molar-refractivity contribution is 0.0514. The summed E-state index contributed by atoms with van der Waals surface area (Å²) < 4.78 is 30.3. The van der Waals surface area contributed by atoms with Gasteiger partial charge in [-0.05, 0) is 29.5 Å². The van der Waals surface area contributed by atoms with Crippen LogP contribution in [0.2, 0.25) is 0 Å². The molecule has 0 aromatic carbocycles. The number of esters is 1. The fraction of sp³-hybridized carbons (Fsp3) is 0.300. The summed E-state index contributed by atoms with van der Waals surface area (Å²) in [6.07, 6.45) is -1.80. The maximum absolute atomic E-state index is 12.8. The van der Waals surface area contributed by atoms with Gasteiger partial charge in [0.15, 0.2) is 0 Å². The van der Waals surface area contributed by atoms with E-state index >= 15 is 0 Å². The van der Waals surface area contributed by atoms with Crippen molar-refractivity contribution >= 4 is 28.6 Å². The van der Waals surface area contributed by atoms with E-state index in [1.165, 1.54) is 0 Å². The van der Waals surface area contributed by atoms with E-state index in [0.717, 1.165) is 6.20 Å². The molecule has 4 nitrogen and oxygen atoms in total. The lowest BCUT2D eigenvalue weighted by atomic mass is 10.1. The molecule has 7 heteroatoms. The van der Waals surface area contributed by atoms with Crippen LogP contribution in [0.4, 0.5) is 8.78 Å². The Labute approximate surface area is 110 Å². The lowest BCUT2D eigenvalue weighted by Gasteiger charge is -2.10. The van der Waals surface area contributed by atoms with Gasteiger partial charge in [-0.15, -0.1) is 0 Å². The summed E-state index contributed by atoms with van der Waals surface area (Å²) in [5.41, 5.74) is -1.16. The van der Waals surface area contributed by atoms with E-state index in [1.807, 2.05) is 0 Å². The number of alkyl halides is 2. The molecule has 1 rings (SSSR count). The summed E-state index contributed by atoms with van der Waals surface area (Å²) in [6.45, 7) is 1.60. The van der Waals surface area contributed by atoms with Crippen LogP contribution in [0.25, 0.3) is 0 Å². The van der Waals surface area contributed by atoms with Crippen molar-refractivity contribution in [1.29, 1.82) is 5.26 Å². The highest BCUT2D eigenvalue weighted by atomic mass is 127. The molecular weight excluding hydrogens is 345 g/mol. The van der Waals surface area contributed by atoms with Gasteiger partial charge in [0, 0.05) is 6.20 Å². The summed E-state index contributed by atoms with van der Waals surface area (Å²) in [7, 11) is 0. The van der Waals surface area contributed by atoms with Crippen LogP contribution in [0.3, 0.4) is 0 Å². The number of nitriles is 1. The number of hydrogen-bond donors (Lipinski definition) is 0. The quantitative estimate of drug-likeness (QED) is 0.477. The number of hydrogen-bond acceptors (Lipinski definition) is 4. The van der Waals surface area contributed by atoms with Gasteiger partial charge in [-0.1, -0.05) is 0 Å². The molecule has 0 spiro atoms. The standard InChI is InChI=1S/C10H7F2IN2O2/c1-2-17-10(16)6-5(3-14)4-15-9(13)7(6)8(11)12/h4,8H,2H2,1H3. The van der Waals surface area contributed by atoms with Crippen LogP contribution < -0.4 is 0 Å². The van der Waals surface area contributed by atoms with Crippen molar-refractivity contribution in [3.05, 3.63) is 26.6 Å². The average Bonchev–Trinajstić information content (AvgIpc) is 2.28. The van der Waals surface area contributed by atoms with Gasteiger partial charge < -0.3 is 4.74 Å². The monoisotopic (exact) mass is 352 g/mol. The number of carbonyl (C=O) groups is 1. The first-order valence-electron chi connectivity index (χ1n) is 4.56. The Hall–Kier alpha value is -1.30. The highest BCUT2D eigenvalue weighted by Crippen LogP contribution is 2.29. The molecule has 1 aromatic heterocycles. The summed E-state index contributed by atoms with van der Waals surface area (Å²) in [4.78, 5) is 15.2. The van der Waals surface area contributed by atoms with Crippen LogP contribution >= 0.6 is 22.6 Å². The van der Waals surface area contributed by atoms with Gasteiger partial charge >= 0.3 is 5.97 Å². The Bertz CT molecular complexity index is 486. The number of ether oxygens (including phenoxy) is 1. The molecular formula is C10H7F2IN2O2. The van der Waals surface area contributed by atoms with Crippen LogP contribution in [0.5, 0.6) is 0 Å². The zero-order valence-corrected chi connectivity index (χ0v) is 10.9. The zero-order chi connectivity index (χ0) is 13.0. The molecule has 0 saturated heterocycles. The molecule has 1 heterocycles. The molecule has 0 radical (unpaired) electrons. The second kappa shape index (κ2) is 5.86. The molecule has 0 aliphatic heterocycles. The second-order valence-corrected chi connectivity index (χ2v) is 3.91. The van der Waals surface area contributed by atoms with Gasteiger partial charge in [0.2, 0.25) is 0 Å². The highest BCUT2D eigenvalue weighted by molar-refractivity contribution is 14.1. The summed E-state index contributed by atoms with van der Waals surface area (Å²) >= 11 is 1.59. The molecule has 0 N–H and O–H groups in total. The number of aromatic nitrogens is 1. The smallest absolute Gasteiger partial charge is 0.340 e. The van der Waals surface area contributed by atoms with E-state index in [0.29, 0.717) is 0 Å².